The van der Waals surface area contributed by atoms with E-state index in [9.17, 15) is 4.79 Å². The molecule has 0 aromatic carbocycles. The minimum atomic E-state index is -0.0269. The van der Waals surface area contributed by atoms with Gasteiger partial charge in [0.15, 0.2) is 4.96 Å². The SMILES string of the molecule is Cc1cc(=O)n2c(C)c(CN)sc2n1. The molecule has 0 bridgehead atoms. The number of nitrogens with zero attached hydrogens (tertiary/aromatic N) is 2. The molecule has 0 aliphatic heterocycles. The van der Waals surface area contributed by atoms with Crippen LogP contribution < -0.4 is 11.3 Å². The lowest BCUT2D eigenvalue weighted by atomic mass is 10.4. The molecule has 0 saturated heterocycles. The summed E-state index contributed by atoms with van der Waals surface area (Å²) >= 11 is 1.48. The van der Waals surface area contributed by atoms with E-state index in [0.717, 1.165) is 21.2 Å². The molecule has 2 heterocycles. The predicted octanol–water partition coefficient (Wildman–Crippen LogP) is 0.832. The highest BCUT2D eigenvalue weighted by Gasteiger charge is 2.09. The molecule has 0 aliphatic carbocycles. The first-order valence-electron chi connectivity index (χ1n) is 4.32. The van der Waals surface area contributed by atoms with Crippen LogP contribution in [0.25, 0.3) is 4.96 Å². The van der Waals surface area contributed by atoms with Gasteiger partial charge >= 0.3 is 0 Å². The number of hydrogen-bond acceptors (Lipinski definition) is 4. The normalized spacial score (nSPS) is 11.1. The van der Waals surface area contributed by atoms with Gasteiger partial charge in [0, 0.05) is 28.9 Å². The van der Waals surface area contributed by atoms with Crippen LogP contribution >= 0.6 is 11.3 Å². The van der Waals surface area contributed by atoms with Crippen LogP contribution in [0.3, 0.4) is 0 Å². The van der Waals surface area contributed by atoms with E-state index in [-0.39, 0.29) is 5.56 Å². The van der Waals surface area contributed by atoms with Crippen LogP contribution in [0, 0.1) is 13.8 Å². The first-order valence-corrected chi connectivity index (χ1v) is 5.14. The summed E-state index contributed by atoms with van der Waals surface area (Å²) in [5.74, 6) is 0. The van der Waals surface area contributed by atoms with E-state index in [2.05, 4.69) is 4.98 Å². The summed E-state index contributed by atoms with van der Waals surface area (Å²) in [5, 5.41) is 0. The van der Waals surface area contributed by atoms with Gasteiger partial charge in [-0.3, -0.25) is 9.20 Å². The van der Waals surface area contributed by atoms with Crippen LogP contribution in [0.15, 0.2) is 10.9 Å². The number of rotatable bonds is 1. The third-order valence-corrected chi connectivity index (χ3v) is 3.32. The Hall–Kier alpha value is -1.20. The van der Waals surface area contributed by atoms with E-state index in [1.54, 1.807) is 4.40 Å². The zero-order chi connectivity index (χ0) is 10.3. The van der Waals surface area contributed by atoms with E-state index in [1.807, 2.05) is 13.8 Å². The fourth-order valence-corrected chi connectivity index (χ4v) is 2.50. The third kappa shape index (κ3) is 1.25. The summed E-state index contributed by atoms with van der Waals surface area (Å²) in [6.07, 6.45) is 0. The van der Waals surface area contributed by atoms with Crippen molar-refractivity contribution in [1.82, 2.24) is 9.38 Å². The van der Waals surface area contributed by atoms with Gasteiger partial charge in [0.2, 0.25) is 0 Å². The van der Waals surface area contributed by atoms with Gasteiger partial charge in [-0.2, -0.15) is 0 Å². The van der Waals surface area contributed by atoms with Crippen molar-refractivity contribution in [3.8, 4) is 0 Å². The average Bonchev–Trinajstić information content (AvgIpc) is 2.42. The van der Waals surface area contributed by atoms with E-state index in [0.29, 0.717) is 6.54 Å². The Balaban J connectivity index is 2.92. The predicted molar refractivity (Wildman–Crippen MR) is 56.7 cm³/mol. The number of hydrogen-bond donors (Lipinski definition) is 1. The molecule has 0 amide bonds. The largest absolute Gasteiger partial charge is 0.326 e. The highest BCUT2D eigenvalue weighted by molar-refractivity contribution is 7.17. The molecule has 0 spiro atoms. The van der Waals surface area contributed by atoms with Gasteiger partial charge in [-0.25, -0.2) is 4.98 Å². The second-order valence-electron chi connectivity index (χ2n) is 3.17. The van der Waals surface area contributed by atoms with Crippen molar-refractivity contribution in [2.75, 3.05) is 0 Å². The van der Waals surface area contributed by atoms with E-state index >= 15 is 0 Å². The number of aryl methyl sites for hydroxylation is 2. The summed E-state index contributed by atoms with van der Waals surface area (Å²) in [6, 6.07) is 1.53. The monoisotopic (exact) mass is 209 g/mol. The van der Waals surface area contributed by atoms with Gasteiger partial charge < -0.3 is 5.73 Å². The van der Waals surface area contributed by atoms with Gasteiger partial charge in [-0.15, -0.1) is 0 Å². The van der Waals surface area contributed by atoms with Gasteiger partial charge in [0.25, 0.3) is 5.56 Å². The molecule has 14 heavy (non-hydrogen) atoms. The summed E-state index contributed by atoms with van der Waals surface area (Å²) < 4.78 is 1.61. The van der Waals surface area contributed by atoms with Crippen molar-refractivity contribution in [2.24, 2.45) is 5.73 Å². The second kappa shape index (κ2) is 3.18. The molecule has 0 radical (unpaired) electrons. The molecular weight excluding hydrogens is 198 g/mol. The molecule has 0 aliphatic rings. The first-order chi connectivity index (χ1) is 6.63. The number of nitrogens with two attached hydrogens (primary N) is 1. The molecule has 2 aromatic heterocycles. The second-order valence-corrected chi connectivity index (χ2v) is 4.23. The fraction of sp³-hybridized carbons (Fsp3) is 0.333. The van der Waals surface area contributed by atoms with Gasteiger partial charge in [-0.1, -0.05) is 11.3 Å². The molecular formula is C9H11N3OS. The Bertz CT molecular complexity index is 541. The zero-order valence-electron chi connectivity index (χ0n) is 8.07. The van der Waals surface area contributed by atoms with Crippen molar-refractivity contribution >= 4 is 16.3 Å². The summed E-state index contributed by atoms with van der Waals surface area (Å²) in [4.78, 5) is 17.7. The number of aromatic nitrogens is 2. The van der Waals surface area contributed by atoms with E-state index in [4.69, 9.17) is 5.73 Å². The average molecular weight is 209 g/mol. The van der Waals surface area contributed by atoms with E-state index in [1.165, 1.54) is 17.4 Å². The van der Waals surface area contributed by atoms with Crippen molar-refractivity contribution in [3.63, 3.8) is 0 Å². The quantitative estimate of drug-likeness (QED) is 0.756. The Labute approximate surface area is 85.0 Å². The lowest BCUT2D eigenvalue weighted by Gasteiger charge is -1.96. The van der Waals surface area contributed by atoms with Crippen LogP contribution in [0.5, 0.6) is 0 Å². The summed E-state index contributed by atoms with van der Waals surface area (Å²) in [6.45, 7) is 4.17. The molecule has 0 fully saturated rings. The molecule has 2 aromatic rings. The lowest BCUT2D eigenvalue weighted by molar-refractivity contribution is 0.968. The molecule has 5 heteroatoms. The fourth-order valence-electron chi connectivity index (χ4n) is 1.45. The molecule has 4 nitrogen and oxygen atoms in total. The maximum atomic E-state index is 11.6. The minimum absolute atomic E-state index is 0.0269. The van der Waals surface area contributed by atoms with Crippen molar-refractivity contribution in [2.45, 2.75) is 20.4 Å². The third-order valence-electron chi connectivity index (χ3n) is 2.15. The standard InChI is InChI=1S/C9H11N3OS/c1-5-3-8(13)12-6(2)7(4-10)14-9(12)11-5/h3H,4,10H2,1-2H3. The minimum Gasteiger partial charge on any atom is -0.326 e. The molecule has 0 saturated carbocycles. The topological polar surface area (TPSA) is 60.4 Å². The van der Waals surface area contributed by atoms with E-state index < -0.39 is 0 Å². The van der Waals surface area contributed by atoms with Gasteiger partial charge in [0.1, 0.15) is 0 Å². The first kappa shape index (κ1) is 9.36. The summed E-state index contributed by atoms with van der Waals surface area (Å²) in [5.41, 5.74) is 7.20. The van der Waals surface area contributed by atoms with Crippen LogP contribution in [0.4, 0.5) is 0 Å². The molecule has 0 atom stereocenters. The van der Waals surface area contributed by atoms with Crippen molar-refractivity contribution in [3.05, 3.63) is 32.7 Å². The molecule has 2 N–H and O–H groups in total. The van der Waals surface area contributed by atoms with Crippen molar-refractivity contribution in [1.29, 1.82) is 0 Å². The van der Waals surface area contributed by atoms with Crippen LogP contribution in [0.1, 0.15) is 16.3 Å². The highest BCUT2D eigenvalue weighted by Crippen LogP contribution is 2.18. The molecule has 2 rings (SSSR count). The maximum Gasteiger partial charge on any atom is 0.258 e. The Morgan fingerprint density at radius 2 is 2.29 bits per heavy atom. The van der Waals surface area contributed by atoms with Crippen LogP contribution in [-0.2, 0) is 6.54 Å². The lowest BCUT2D eigenvalue weighted by Crippen LogP contribution is -2.14. The van der Waals surface area contributed by atoms with Gasteiger partial charge in [-0.05, 0) is 13.8 Å². The zero-order valence-corrected chi connectivity index (χ0v) is 8.89. The van der Waals surface area contributed by atoms with Crippen LogP contribution in [-0.4, -0.2) is 9.38 Å². The smallest absolute Gasteiger partial charge is 0.258 e. The molecule has 0 unspecified atom stereocenters. The Morgan fingerprint density at radius 1 is 1.57 bits per heavy atom. The molecule has 74 valence electrons. The summed E-state index contributed by atoms with van der Waals surface area (Å²) in [7, 11) is 0. The highest BCUT2D eigenvalue weighted by atomic mass is 32.1. The van der Waals surface area contributed by atoms with Gasteiger partial charge in [0.05, 0.1) is 0 Å². The van der Waals surface area contributed by atoms with Crippen LogP contribution in [0.2, 0.25) is 0 Å². The number of thiazole rings is 1. The Morgan fingerprint density at radius 3 is 2.93 bits per heavy atom. The van der Waals surface area contributed by atoms with Crippen molar-refractivity contribution < 1.29 is 0 Å². The number of fused-ring (bicyclic) bond motifs is 1. The Kier molecular flexibility index (Phi) is 2.13. The maximum absolute atomic E-state index is 11.6.